The molecule has 3 fully saturated rings. The van der Waals surface area contributed by atoms with Crippen molar-refractivity contribution in [2.45, 2.75) is 80.5 Å². The van der Waals surface area contributed by atoms with Crippen LogP contribution >= 0.6 is 11.6 Å². The molecular weight excluding hydrogens is 1280 g/mol. The number of hydrogen-bond acceptors (Lipinski definition) is 10. The number of epoxide rings is 3. The second kappa shape index (κ2) is 36.2. The Hall–Kier alpha value is -6.25. The fourth-order valence-electron chi connectivity index (χ4n) is 13.6. The molecule has 3 atom stereocenters. The standard InChI is InChI=1S/C43H42O4.C37H34O2.C3H5ClO.CH2O3.2K.H/c1-5-13-29-21-33(22-30(14-6-2)41(29)46-27-35-25-44-35)43(39-19-11-9-17-37(39)38-18-10-12-20-40(38)43)34-23-31(15-7-3)42(32(24-34)16-8-4)47-28-36-26-45-36;1-5-13-25-21-29(22-26(14-6-2)35(25)38)37(30-23-27(15-7-3)36(39)28(24-30)16-8-4)33-19-11-9-17-31(33)32-18-10-12-20-34(32)37;4-1-3-2-5-3;2-1-4-3;;;/h5-12,17-24,35-36H,1-4,13-16,25-28H2;5-12,17-24,38-39H,1-4,13-16H2;3H,1-2H2;1,3H;;;/q;;;;2*+1;-1/p-1. The van der Waals surface area contributed by atoms with Gasteiger partial charge in [-0.25, -0.2) is 0 Å². The van der Waals surface area contributed by atoms with Gasteiger partial charge < -0.3 is 45.5 Å². The van der Waals surface area contributed by atoms with E-state index in [1.807, 2.05) is 48.6 Å². The minimum Gasteiger partial charge on any atom is -1.00 e. The number of carbonyl (C=O) groups excluding carboxylic acids is 1. The molecule has 2 N–H and O–H groups in total. The van der Waals surface area contributed by atoms with Gasteiger partial charge in [-0.3, -0.25) is 4.79 Å². The van der Waals surface area contributed by atoms with Crippen LogP contribution in [0.1, 0.15) is 90.4 Å². The average Bonchev–Trinajstić information content (AvgIpc) is 1.57. The number of halogens is 1. The summed E-state index contributed by atoms with van der Waals surface area (Å²) in [4.78, 5) is 11.2. The third kappa shape index (κ3) is 16.6. The zero-order valence-electron chi connectivity index (χ0n) is 56.9. The Morgan fingerprint density at radius 1 is 0.423 bits per heavy atom. The Kier molecular flexibility index (Phi) is 28.6. The number of allylic oxidation sites excluding steroid dienone is 8. The van der Waals surface area contributed by atoms with E-state index in [9.17, 15) is 10.2 Å². The number of aromatic hydroxyl groups is 2. The van der Waals surface area contributed by atoms with Crippen LogP contribution in [0.15, 0.2) is 247 Å². The Morgan fingerprint density at radius 3 is 0.835 bits per heavy atom. The van der Waals surface area contributed by atoms with Crippen molar-refractivity contribution in [1.29, 1.82) is 0 Å². The molecule has 0 spiro atoms. The molecule has 8 aromatic carbocycles. The zero-order chi connectivity index (χ0) is 67.1. The number of carbonyl (C=O) groups is 1. The van der Waals surface area contributed by atoms with Gasteiger partial charge in [0.2, 0.25) is 0 Å². The van der Waals surface area contributed by atoms with Crippen LogP contribution < -0.4 is 118 Å². The van der Waals surface area contributed by atoms with Crippen molar-refractivity contribution in [3.63, 3.8) is 0 Å². The van der Waals surface area contributed by atoms with Gasteiger partial charge in [-0.15, -0.1) is 64.2 Å². The molecule has 8 aromatic rings. The first-order chi connectivity index (χ1) is 46.5. The van der Waals surface area contributed by atoms with Gasteiger partial charge in [-0.2, -0.15) is 0 Å². The van der Waals surface area contributed by atoms with E-state index in [-0.39, 0.29) is 123 Å². The largest absolute Gasteiger partial charge is 1.00 e. The second-order valence-corrected chi connectivity index (χ2v) is 24.3. The first kappa shape index (κ1) is 76.5. The van der Waals surface area contributed by atoms with E-state index in [0.717, 1.165) is 87.0 Å². The minimum atomic E-state index is -0.674. The Morgan fingerprint density at radius 2 is 0.639 bits per heavy atom. The summed E-state index contributed by atoms with van der Waals surface area (Å²) in [5.41, 5.74) is 20.7. The van der Waals surface area contributed by atoms with Crippen molar-refractivity contribution >= 4 is 18.1 Å². The Labute approximate surface area is 663 Å². The van der Waals surface area contributed by atoms with E-state index in [4.69, 9.17) is 45.3 Å². The Bertz CT molecular complexity index is 3800. The fraction of sp³-hybridized carbons (Fsp3) is 0.226. The molecule has 0 amide bonds. The van der Waals surface area contributed by atoms with Gasteiger partial charge in [0.1, 0.15) is 48.4 Å². The molecule has 3 aliphatic heterocycles. The van der Waals surface area contributed by atoms with Crippen molar-refractivity contribution in [3.8, 4) is 45.3 Å². The molecule has 10 nitrogen and oxygen atoms in total. The number of hydrogen-bond donors (Lipinski definition) is 2. The van der Waals surface area contributed by atoms with E-state index >= 15 is 0 Å². The normalized spacial score (nSPS) is 15.9. The third-order valence-electron chi connectivity index (χ3n) is 17.8. The van der Waals surface area contributed by atoms with E-state index in [0.29, 0.717) is 88.1 Å². The van der Waals surface area contributed by atoms with E-state index in [2.05, 4.69) is 203 Å². The predicted octanol–water partition coefficient (Wildman–Crippen LogP) is 10.1. The van der Waals surface area contributed by atoms with Crippen LogP contribution in [-0.4, -0.2) is 73.9 Å². The SMILES string of the molecule is C=CCc1cc(C2(c3cc(CC=C)c(O)c(CC=C)c3)c3ccccc3-c3ccccc32)cc(CC=C)c1O.C=CCc1cc(C2(c3cc(CC=C)c(OCC4CO4)c(CC=C)c3)c3ccccc3-c3ccccc32)cc(CC=C)c1OCC1CO1.ClCC1CO1.O=CO[O-].[H-].[K+].[K+]. The van der Waals surface area contributed by atoms with Crippen LogP contribution in [-0.2, 0) is 86.1 Å². The van der Waals surface area contributed by atoms with Crippen molar-refractivity contribution in [3.05, 3.63) is 336 Å². The molecule has 5 aliphatic rings. The monoisotopic (exact) mass is 1360 g/mol. The smallest absolute Gasteiger partial charge is 1.00 e. The van der Waals surface area contributed by atoms with Crippen LogP contribution in [0.4, 0.5) is 0 Å². The molecule has 3 unspecified atom stereocenters. The number of ether oxygens (including phenoxy) is 5. The third-order valence-corrected chi connectivity index (χ3v) is 18.2. The molecule has 2 aliphatic carbocycles. The number of phenolic OH excluding ortho intramolecular Hbond substituents is 2. The van der Waals surface area contributed by atoms with Gasteiger partial charge in [0.15, 0.2) is 0 Å². The molecule has 0 radical (unpaired) electrons. The van der Waals surface area contributed by atoms with Crippen LogP contribution in [0.3, 0.4) is 0 Å². The molecule has 3 saturated heterocycles. The molecule has 0 bridgehead atoms. The van der Waals surface area contributed by atoms with Gasteiger partial charge in [-0.1, -0.05) is 194 Å². The molecular formula is C84H83ClK2O10. The van der Waals surface area contributed by atoms with E-state index in [1.54, 1.807) is 0 Å². The minimum absolute atomic E-state index is 0. The van der Waals surface area contributed by atoms with Gasteiger partial charge >= 0.3 is 103 Å². The summed E-state index contributed by atoms with van der Waals surface area (Å²) in [7, 11) is 0. The zero-order valence-corrected chi connectivity index (χ0v) is 62.9. The average molecular weight is 1370 g/mol. The fourth-order valence-corrected chi connectivity index (χ4v) is 13.8. The predicted molar refractivity (Wildman–Crippen MR) is 381 cm³/mol. The summed E-state index contributed by atoms with van der Waals surface area (Å²) < 4.78 is 28.7. The van der Waals surface area contributed by atoms with Gasteiger partial charge in [0, 0.05) is 0 Å². The molecule has 488 valence electrons. The summed E-state index contributed by atoms with van der Waals surface area (Å²) in [6, 6.07) is 52.6. The summed E-state index contributed by atoms with van der Waals surface area (Å²) in [6.45, 7) is 35.5. The molecule has 0 aromatic heterocycles. The quantitative estimate of drug-likeness (QED) is 0.00925. The molecule has 13 heteroatoms. The first-order valence-electron chi connectivity index (χ1n) is 32.1. The first-order valence-corrected chi connectivity index (χ1v) is 32.7. The molecule has 0 saturated carbocycles. The topological polar surface area (TPSA) is 146 Å². The summed E-state index contributed by atoms with van der Waals surface area (Å²) in [5, 5.41) is 30.8. The van der Waals surface area contributed by atoms with Crippen LogP contribution in [0.5, 0.6) is 23.0 Å². The Balaban J connectivity index is 0.000000241. The maximum absolute atomic E-state index is 11.2. The van der Waals surface area contributed by atoms with E-state index in [1.165, 1.54) is 55.6 Å². The van der Waals surface area contributed by atoms with Gasteiger partial charge in [0.25, 0.3) is 6.47 Å². The number of fused-ring (bicyclic) bond motifs is 6. The maximum atomic E-state index is 11.2. The van der Waals surface area contributed by atoms with Gasteiger partial charge in [0.05, 0.1) is 42.6 Å². The van der Waals surface area contributed by atoms with E-state index < -0.39 is 10.8 Å². The number of benzene rings is 8. The van der Waals surface area contributed by atoms with Crippen LogP contribution in [0, 0.1) is 0 Å². The van der Waals surface area contributed by atoms with Gasteiger partial charge in [-0.05, 0) is 163 Å². The summed E-state index contributed by atoms with van der Waals surface area (Å²) >= 11 is 5.27. The summed E-state index contributed by atoms with van der Waals surface area (Å²) in [6.07, 6.45) is 20.7. The maximum Gasteiger partial charge on any atom is 1.00 e. The van der Waals surface area contributed by atoms with Crippen molar-refractivity contribution in [2.75, 3.05) is 38.9 Å². The molecule has 13 rings (SSSR count). The van der Waals surface area contributed by atoms with Crippen molar-refractivity contribution in [1.82, 2.24) is 0 Å². The summed E-state index contributed by atoms with van der Waals surface area (Å²) in [5.74, 6) is 3.06. The van der Waals surface area contributed by atoms with Crippen LogP contribution in [0.2, 0.25) is 0 Å². The molecule has 97 heavy (non-hydrogen) atoms. The molecule has 3 heterocycles. The number of alkyl halides is 1. The van der Waals surface area contributed by atoms with Crippen molar-refractivity contribution in [2.24, 2.45) is 0 Å². The van der Waals surface area contributed by atoms with Crippen LogP contribution in [0.25, 0.3) is 22.3 Å². The number of rotatable bonds is 28. The second-order valence-electron chi connectivity index (χ2n) is 24.0. The number of phenols is 2. The van der Waals surface area contributed by atoms with Crippen molar-refractivity contribution < 1.29 is 153 Å².